The monoisotopic (exact) mass is 244 g/mol. The molecule has 2 heterocycles. The molecule has 1 aliphatic heterocycles. The number of H-pyrrole nitrogens is 1. The van der Waals surface area contributed by atoms with Crippen LogP contribution in [0.15, 0.2) is 11.1 Å². The molecular formula is C9H16N4O2S. The van der Waals surface area contributed by atoms with E-state index in [2.05, 4.69) is 10.2 Å². The molecule has 90 valence electrons. The molecule has 0 bridgehead atoms. The van der Waals surface area contributed by atoms with E-state index in [-0.39, 0.29) is 16.8 Å². The molecule has 0 aliphatic carbocycles. The van der Waals surface area contributed by atoms with E-state index in [9.17, 15) is 8.42 Å². The maximum atomic E-state index is 12.3. The molecule has 0 radical (unpaired) electrons. The summed E-state index contributed by atoms with van der Waals surface area (Å²) >= 11 is 0. The summed E-state index contributed by atoms with van der Waals surface area (Å²) in [6.45, 7) is 2.49. The van der Waals surface area contributed by atoms with Crippen molar-refractivity contribution in [3.63, 3.8) is 0 Å². The zero-order valence-corrected chi connectivity index (χ0v) is 10.00. The number of nitrogens with two attached hydrogens (primary N) is 1. The Kier molecular flexibility index (Phi) is 2.90. The molecule has 7 heteroatoms. The quantitative estimate of drug-likeness (QED) is 0.795. The van der Waals surface area contributed by atoms with Gasteiger partial charge in [-0.3, -0.25) is 5.10 Å². The molecule has 0 spiro atoms. The van der Waals surface area contributed by atoms with Crippen LogP contribution in [0, 0.1) is 0 Å². The van der Waals surface area contributed by atoms with Crippen LogP contribution in [0.2, 0.25) is 0 Å². The predicted molar refractivity (Wildman–Crippen MR) is 60.2 cm³/mol. The maximum absolute atomic E-state index is 12.3. The van der Waals surface area contributed by atoms with Crippen molar-refractivity contribution in [2.45, 2.75) is 37.1 Å². The fraction of sp³-hybridized carbons (Fsp3) is 0.667. The van der Waals surface area contributed by atoms with Gasteiger partial charge in [0.25, 0.3) is 0 Å². The van der Waals surface area contributed by atoms with E-state index in [1.54, 1.807) is 0 Å². The first-order chi connectivity index (χ1) is 7.53. The van der Waals surface area contributed by atoms with Crippen molar-refractivity contribution in [2.75, 3.05) is 12.3 Å². The second-order valence-corrected chi connectivity index (χ2v) is 5.97. The fourth-order valence-electron chi connectivity index (χ4n) is 2.05. The van der Waals surface area contributed by atoms with Crippen molar-refractivity contribution >= 4 is 15.8 Å². The Morgan fingerprint density at radius 2 is 2.31 bits per heavy atom. The summed E-state index contributed by atoms with van der Waals surface area (Å²) in [5.41, 5.74) is 5.55. The molecule has 1 aromatic heterocycles. The van der Waals surface area contributed by atoms with Gasteiger partial charge in [0.1, 0.15) is 10.7 Å². The highest BCUT2D eigenvalue weighted by atomic mass is 32.2. The molecule has 3 N–H and O–H groups in total. The number of aromatic nitrogens is 2. The van der Waals surface area contributed by atoms with Crippen molar-refractivity contribution < 1.29 is 8.42 Å². The normalized spacial score (nSPS) is 23.4. The first-order valence-corrected chi connectivity index (χ1v) is 6.78. The van der Waals surface area contributed by atoms with Crippen LogP contribution in [0.1, 0.15) is 26.2 Å². The number of anilines is 1. The first kappa shape index (κ1) is 11.4. The van der Waals surface area contributed by atoms with Crippen LogP contribution in [0.5, 0.6) is 0 Å². The second kappa shape index (κ2) is 4.06. The summed E-state index contributed by atoms with van der Waals surface area (Å²) < 4.78 is 26.0. The Hall–Kier alpha value is -1.08. The Bertz CT molecular complexity index is 468. The zero-order valence-electron chi connectivity index (χ0n) is 9.18. The minimum atomic E-state index is -3.48. The molecule has 0 aromatic carbocycles. The average molecular weight is 244 g/mol. The molecule has 1 fully saturated rings. The molecule has 0 amide bonds. The first-order valence-electron chi connectivity index (χ1n) is 5.34. The number of rotatable bonds is 2. The Labute approximate surface area is 94.9 Å². The third kappa shape index (κ3) is 1.80. The van der Waals surface area contributed by atoms with Crippen molar-refractivity contribution in [2.24, 2.45) is 0 Å². The van der Waals surface area contributed by atoms with Crippen LogP contribution in [0.3, 0.4) is 0 Å². The van der Waals surface area contributed by atoms with Gasteiger partial charge in [0.05, 0.1) is 6.20 Å². The van der Waals surface area contributed by atoms with E-state index >= 15 is 0 Å². The molecule has 1 aromatic rings. The fourth-order valence-corrected chi connectivity index (χ4v) is 3.76. The molecule has 1 atom stereocenters. The van der Waals surface area contributed by atoms with Gasteiger partial charge in [0, 0.05) is 12.6 Å². The second-order valence-electron chi connectivity index (χ2n) is 4.11. The lowest BCUT2D eigenvalue weighted by Crippen LogP contribution is -2.42. The van der Waals surface area contributed by atoms with E-state index in [0.717, 1.165) is 19.3 Å². The Balaban J connectivity index is 2.35. The van der Waals surface area contributed by atoms with Crippen molar-refractivity contribution in [1.82, 2.24) is 14.5 Å². The number of piperidine rings is 1. The lowest BCUT2D eigenvalue weighted by Gasteiger charge is -2.31. The Morgan fingerprint density at radius 1 is 1.56 bits per heavy atom. The summed E-state index contributed by atoms with van der Waals surface area (Å²) in [7, 11) is -3.48. The van der Waals surface area contributed by atoms with E-state index in [0.29, 0.717) is 6.54 Å². The number of nitrogen functional groups attached to an aromatic ring is 1. The largest absolute Gasteiger partial charge is 0.383 e. The van der Waals surface area contributed by atoms with Gasteiger partial charge in [-0.15, -0.1) is 0 Å². The SMILES string of the molecule is CC1CCCCN1S(=O)(=O)c1cn[nH]c1N. The standard InChI is InChI=1S/C9H16N4O2S/c1-7-4-2-3-5-13(7)16(14,15)8-6-11-12-9(8)10/h6-7H,2-5H2,1H3,(H3,10,11,12). The molecule has 1 saturated heterocycles. The average Bonchev–Trinajstić information content (AvgIpc) is 2.65. The topological polar surface area (TPSA) is 92.1 Å². The van der Waals surface area contributed by atoms with E-state index < -0.39 is 10.0 Å². The molecule has 6 nitrogen and oxygen atoms in total. The van der Waals surface area contributed by atoms with E-state index in [1.807, 2.05) is 6.92 Å². The van der Waals surface area contributed by atoms with Crippen LogP contribution < -0.4 is 5.73 Å². The van der Waals surface area contributed by atoms with Gasteiger partial charge in [0.2, 0.25) is 10.0 Å². The highest BCUT2D eigenvalue weighted by Gasteiger charge is 2.32. The van der Waals surface area contributed by atoms with Gasteiger partial charge in [-0.25, -0.2) is 8.42 Å². The predicted octanol–water partition coefficient (Wildman–Crippen LogP) is 0.555. The Morgan fingerprint density at radius 3 is 2.88 bits per heavy atom. The number of nitrogens with zero attached hydrogens (tertiary/aromatic N) is 2. The number of hydrogen-bond acceptors (Lipinski definition) is 4. The zero-order chi connectivity index (χ0) is 11.8. The number of nitrogens with one attached hydrogen (secondary N) is 1. The van der Waals surface area contributed by atoms with Gasteiger partial charge in [0.15, 0.2) is 0 Å². The molecule has 2 rings (SSSR count). The van der Waals surface area contributed by atoms with Crippen molar-refractivity contribution in [3.8, 4) is 0 Å². The van der Waals surface area contributed by atoms with Gasteiger partial charge in [-0.05, 0) is 19.8 Å². The molecule has 1 unspecified atom stereocenters. The van der Waals surface area contributed by atoms with Crippen LogP contribution >= 0.6 is 0 Å². The van der Waals surface area contributed by atoms with Crippen molar-refractivity contribution in [1.29, 1.82) is 0 Å². The molecule has 1 aliphatic rings. The number of hydrogen-bond donors (Lipinski definition) is 2. The highest BCUT2D eigenvalue weighted by molar-refractivity contribution is 7.89. The van der Waals surface area contributed by atoms with Crippen LogP contribution in [0.25, 0.3) is 0 Å². The smallest absolute Gasteiger partial charge is 0.248 e. The van der Waals surface area contributed by atoms with Gasteiger partial charge in [-0.1, -0.05) is 6.42 Å². The summed E-state index contributed by atoms with van der Waals surface area (Å²) in [5.74, 6) is 0.109. The summed E-state index contributed by atoms with van der Waals surface area (Å²) in [6, 6.07) is 0.0352. The minimum absolute atomic E-state index is 0.0352. The number of sulfonamides is 1. The molecule has 0 saturated carbocycles. The lowest BCUT2D eigenvalue weighted by atomic mass is 10.1. The highest BCUT2D eigenvalue weighted by Crippen LogP contribution is 2.26. The third-order valence-electron chi connectivity index (χ3n) is 2.96. The van der Waals surface area contributed by atoms with E-state index in [1.165, 1.54) is 10.5 Å². The van der Waals surface area contributed by atoms with Gasteiger partial charge >= 0.3 is 0 Å². The molecule has 16 heavy (non-hydrogen) atoms. The summed E-state index contributed by atoms with van der Waals surface area (Å²) in [6.07, 6.45) is 4.15. The van der Waals surface area contributed by atoms with Gasteiger partial charge < -0.3 is 5.73 Å². The van der Waals surface area contributed by atoms with Gasteiger partial charge in [-0.2, -0.15) is 9.40 Å². The van der Waals surface area contributed by atoms with Crippen LogP contribution in [-0.4, -0.2) is 35.5 Å². The third-order valence-corrected chi connectivity index (χ3v) is 5.00. The van der Waals surface area contributed by atoms with Crippen LogP contribution in [0.4, 0.5) is 5.82 Å². The lowest BCUT2D eigenvalue weighted by molar-refractivity contribution is 0.269. The number of aromatic amines is 1. The summed E-state index contributed by atoms with van der Waals surface area (Å²) in [4.78, 5) is 0.0845. The van der Waals surface area contributed by atoms with E-state index in [4.69, 9.17) is 5.73 Å². The minimum Gasteiger partial charge on any atom is -0.383 e. The van der Waals surface area contributed by atoms with Crippen molar-refractivity contribution in [3.05, 3.63) is 6.20 Å². The maximum Gasteiger partial charge on any atom is 0.248 e. The molecular weight excluding hydrogens is 228 g/mol. The summed E-state index contributed by atoms with van der Waals surface area (Å²) in [5, 5.41) is 6.10. The van der Waals surface area contributed by atoms with Crippen LogP contribution in [-0.2, 0) is 10.0 Å².